The van der Waals surface area contributed by atoms with E-state index in [9.17, 15) is 23.1 Å². The highest BCUT2D eigenvalue weighted by Crippen LogP contribution is 2.44. The Morgan fingerprint density at radius 3 is 2.03 bits per heavy atom. The fraction of sp³-hybridized carbons (Fsp3) is 0.0769. The molecule has 34 heavy (non-hydrogen) atoms. The molecule has 0 saturated heterocycles. The highest BCUT2D eigenvalue weighted by atomic mass is 32.2. The Kier molecular flexibility index (Phi) is 5.65. The second-order valence-electron chi connectivity index (χ2n) is 7.90. The van der Waals surface area contributed by atoms with Gasteiger partial charge in [0.25, 0.3) is 10.0 Å². The standard InChI is InChI=1S/C26H19NO5S2/c28-24(19-9-5-2-6-10-19)20-13-11-17(12-14-20)22-15-21-16-27(34(31,32)26(21)33-22)23(25(29)30)18-7-3-1-4-8-18/h1-15,23H,16H2,(H,29,30)/t23-/m1/s1. The third-order valence-corrected chi connectivity index (χ3v) is 9.34. The van der Waals surface area contributed by atoms with Crippen molar-refractivity contribution in [3.8, 4) is 10.4 Å². The van der Waals surface area contributed by atoms with Crippen LogP contribution in [0, 0.1) is 0 Å². The zero-order chi connectivity index (χ0) is 23.9. The fourth-order valence-corrected chi connectivity index (χ4v) is 7.44. The lowest BCUT2D eigenvalue weighted by molar-refractivity contribution is -0.141. The van der Waals surface area contributed by atoms with Gasteiger partial charge in [0.15, 0.2) is 5.78 Å². The van der Waals surface area contributed by atoms with Gasteiger partial charge in [0.05, 0.1) is 0 Å². The van der Waals surface area contributed by atoms with Crippen LogP contribution < -0.4 is 0 Å². The van der Waals surface area contributed by atoms with Gasteiger partial charge in [-0.2, -0.15) is 4.31 Å². The summed E-state index contributed by atoms with van der Waals surface area (Å²) in [4.78, 5) is 25.4. The number of ketones is 1. The maximum absolute atomic E-state index is 13.3. The van der Waals surface area contributed by atoms with Gasteiger partial charge in [0.1, 0.15) is 10.3 Å². The topological polar surface area (TPSA) is 91.8 Å². The van der Waals surface area contributed by atoms with Crippen LogP contribution in [0.3, 0.4) is 0 Å². The molecule has 8 heteroatoms. The Morgan fingerprint density at radius 1 is 0.853 bits per heavy atom. The number of carbonyl (C=O) groups is 2. The molecule has 4 aromatic rings. The number of carboxylic acids is 1. The summed E-state index contributed by atoms with van der Waals surface area (Å²) in [5.41, 5.74) is 2.93. The number of benzene rings is 3. The summed E-state index contributed by atoms with van der Waals surface area (Å²) >= 11 is 1.11. The van der Waals surface area contributed by atoms with Gasteiger partial charge in [-0.05, 0) is 22.8 Å². The van der Waals surface area contributed by atoms with Gasteiger partial charge in [0, 0.05) is 22.5 Å². The molecule has 3 aromatic carbocycles. The van der Waals surface area contributed by atoms with Gasteiger partial charge in [-0.1, -0.05) is 84.9 Å². The first-order valence-corrected chi connectivity index (χ1v) is 12.7. The molecule has 5 rings (SSSR count). The van der Waals surface area contributed by atoms with E-state index < -0.39 is 22.0 Å². The van der Waals surface area contributed by atoms with Crippen molar-refractivity contribution in [2.45, 2.75) is 16.8 Å². The van der Waals surface area contributed by atoms with Crippen LogP contribution in [0.15, 0.2) is 95.2 Å². The Morgan fingerprint density at radius 2 is 1.44 bits per heavy atom. The number of carboxylic acid groups (broad SMARTS) is 1. The van der Waals surface area contributed by atoms with E-state index in [0.29, 0.717) is 22.3 Å². The first-order valence-electron chi connectivity index (χ1n) is 10.5. The van der Waals surface area contributed by atoms with E-state index in [2.05, 4.69) is 0 Å². The zero-order valence-electron chi connectivity index (χ0n) is 17.8. The summed E-state index contributed by atoms with van der Waals surface area (Å²) in [6.07, 6.45) is 0. The minimum Gasteiger partial charge on any atom is -0.480 e. The number of rotatable bonds is 6. The molecule has 170 valence electrons. The Bertz CT molecular complexity index is 1480. The van der Waals surface area contributed by atoms with Crippen molar-refractivity contribution in [3.63, 3.8) is 0 Å². The van der Waals surface area contributed by atoms with E-state index in [1.165, 1.54) is 0 Å². The summed E-state index contributed by atoms with van der Waals surface area (Å²) in [7, 11) is -3.97. The first kappa shape index (κ1) is 22.2. The predicted octanol–water partition coefficient (Wildman–Crippen LogP) is 4.98. The number of nitrogens with zero attached hydrogens (tertiary/aromatic N) is 1. The lowest BCUT2D eigenvalue weighted by Crippen LogP contribution is -2.34. The van der Waals surface area contributed by atoms with Gasteiger partial charge >= 0.3 is 5.97 Å². The van der Waals surface area contributed by atoms with Crippen molar-refractivity contribution in [1.82, 2.24) is 4.31 Å². The van der Waals surface area contributed by atoms with E-state index in [1.54, 1.807) is 72.8 Å². The summed E-state index contributed by atoms with van der Waals surface area (Å²) in [6.45, 7) is -0.00932. The molecule has 1 aromatic heterocycles. The molecular formula is C26H19NO5S2. The number of sulfonamides is 1. The molecule has 0 saturated carbocycles. The van der Waals surface area contributed by atoms with Gasteiger partial charge in [-0.15, -0.1) is 11.3 Å². The SMILES string of the molecule is O=C(c1ccccc1)c1ccc(-c2cc3c(s2)S(=O)(=O)N([C@@H](C(=O)O)c2ccccc2)C3)cc1. The van der Waals surface area contributed by atoms with Crippen molar-refractivity contribution in [2.75, 3.05) is 0 Å². The molecule has 1 atom stereocenters. The maximum atomic E-state index is 13.3. The fourth-order valence-electron chi connectivity index (χ4n) is 4.08. The van der Waals surface area contributed by atoms with E-state index >= 15 is 0 Å². The Labute approximate surface area is 200 Å². The van der Waals surface area contributed by atoms with Crippen LogP contribution in [0.25, 0.3) is 10.4 Å². The summed E-state index contributed by atoms with van der Waals surface area (Å²) in [5.74, 6) is -1.30. The lowest BCUT2D eigenvalue weighted by atomic mass is 10.0. The molecule has 0 amide bonds. The van der Waals surface area contributed by atoms with Crippen molar-refractivity contribution >= 4 is 33.1 Å². The quantitative estimate of drug-likeness (QED) is 0.386. The van der Waals surface area contributed by atoms with Crippen molar-refractivity contribution in [1.29, 1.82) is 0 Å². The monoisotopic (exact) mass is 489 g/mol. The second-order valence-corrected chi connectivity index (χ2v) is 11.0. The molecular weight excluding hydrogens is 470 g/mol. The van der Waals surface area contributed by atoms with Crippen molar-refractivity contribution in [3.05, 3.63) is 113 Å². The number of fused-ring (bicyclic) bond motifs is 1. The van der Waals surface area contributed by atoms with Crippen LogP contribution >= 0.6 is 11.3 Å². The normalized spacial score (nSPS) is 15.5. The molecule has 0 radical (unpaired) electrons. The average molecular weight is 490 g/mol. The van der Waals surface area contributed by atoms with Gasteiger partial charge in [-0.25, -0.2) is 8.42 Å². The van der Waals surface area contributed by atoms with Crippen LogP contribution in [-0.4, -0.2) is 29.6 Å². The molecule has 1 aliphatic heterocycles. The smallest absolute Gasteiger partial charge is 0.326 e. The molecule has 0 aliphatic carbocycles. The molecule has 6 nitrogen and oxygen atoms in total. The van der Waals surface area contributed by atoms with Crippen LogP contribution in [0.5, 0.6) is 0 Å². The number of thiophene rings is 1. The molecule has 0 spiro atoms. The minimum atomic E-state index is -3.97. The zero-order valence-corrected chi connectivity index (χ0v) is 19.4. The minimum absolute atomic E-state index is 0.00932. The average Bonchev–Trinajstić information content (AvgIpc) is 3.38. The molecule has 0 bridgehead atoms. The van der Waals surface area contributed by atoms with Gasteiger partial charge in [0.2, 0.25) is 0 Å². The first-order chi connectivity index (χ1) is 16.4. The molecule has 1 N–H and O–H groups in total. The van der Waals surface area contributed by atoms with Crippen LogP contribution in [0.2, 0.25) is 0 Å². The third-order valence-electron chi connectivity index (χ3n) is 5.74. The van der Waals surface area contributed by atoms with Crippen LogP contribution in [0.1, 0.15) is 33.1 Å². The van der Waals surface area contributed by atoms with Crippen molar-refractivity contribution in [2.24, 2.45) is 0 Å². The highest BCUT2D eigenvalue weighted by Gasteiger charge is 2.44. The number of carbonyl (C=O) groups excluding carboxylic acids is 1. The maximum Gasteiger partial charge on any atom is 0.326 e. The highest BCUT2D eigenvalue weighted by molar-refractivity contribution is 7.91. The molecule has 1 aliphatic rings. The molecule has 2 heterocycles. The largest absolute Gasteiger partial charge is 0.480 e. The van der Waals surface area contributed by atoms with E-state index in [0.717, 1.165) is 26.1 Å². The Hall–Kier alpha value is -3.59. The van der Waals surface area contributed by atoms with Gasteiger partial charge in [-0.3, -0.25) is 9.59 Å². The molecule has 0 fully saturated rings. The van der Waals surface area contributed by atoms with Crippen LogP contribution in [-0.2, 0) is 21.4 Å². The lowest BCUT2D eigenvalue weighted by Gasteiger charge is -2.23. The second kappa shape index (κ2) is 8.64. The number of aliphatic carboxylic acids is 1. The van der Waals surface area contributed by atoms with E-state index in [4.69, 9.17) is 0 Å². The number of hydrogen-bond acceptors (Lipinski definition) is 5. The van der Waals surface area contributed by atoms with Gasteiger partial charge < -0.3 is 5.11 Å². The third kappa shape index (κ3) is 3.86. The summed E-state index contributed by atoms with van der Waals surface area (Å²) in [5, 5.41) is 9.79. The predicted molar refractivity (Wildman–Crippen MR) is 129 cm³/mol. The van der Waals surface area contributed by atoms with Crippen molar-refractivity contribution < 1.29 is 23.1 Å². The Balaban J connectivity index is 1.43. The summed E-state index contributed by atoms with van der Waals surface area (Å²) in [6, 6.07) is 24.9. The van der Waals surface area contributed by atoms with E-state index in [-0.39, 0.29) is 16.5 Å². The van der Waals surface area contributed by atoms with E-state index in [1.807, 2.05) is 18.2 Å². The summed E-state index contributed by atoms with van der Waals surface area (Å²) < 4.78 is 27.8. The molecule has 0 unspecified atom stereocenters. The number of hydrogen-bond donors (Lipinski definition) is 1. The van der Waals surface area contributed by atoms with Crippen LogP contribution in [0.4, 0.5) is 0 Å².